The Morgan fingerprint density at radius 3 is 2.48 bits per heavy atom. The van der Waals surface area contributed by atoms with Gasteiger partial charge in [-0.15, -0.1) is 0 Å². The average Bonchev–Trinajstić information content (AvgIpc) is 2.54. The number of rotatable bonds is 3. The van der Waals surface area contributed by atoms with E-state index in [0.29, 0.717) is 12.0 Å². The summed E-state index contributed by atoms with van der Waals surface area (Å²) in [5.41, 5.74) is 1.79. The van der Waals surface area contributed by atoms with Gasteiger partial charge in [0.2, 0.25) is 0 Å². The number of hydrogen-bond donors (Lipinski definition) is 1. The van der Waals surface area contributed by atoms with Crippen molar-refractivity contribution in [3.63, 3.8) is 0 Å². The van der Waals surface area contributed by atoms with Crippen molar-refractivity contribution in [2.75, 3.05) is 6.61 Å². The van der Waals surface area contributed by atoms with Gasteiger partial charge in [-0.05, 0) is 17.5 Å². The summed E-state index contributed by atoms with van der Waals surface area (Å²) in [4.78, 5) is 11.0. The molecule has 1 aliphatic carbocycles. The lowest BCUT2D eigenvalue weighted by Gasteiger charge is -2.35. The molecule has 106 valence electrons. The minimum Gasteiger partial charge on any atom is -0.395 e. The molecule has 0 aliphatic heterocycles. The van der Waals surface area contributed by atoms with E-state index in [4.69, 9.17) is 0 Å². The van der Waals surface area contributed by atoms with Crippen LogP contribution in [0.2, 0.25) is 0 Å². The molecule has 0 aromatic heterocycles. The van der Waals surface area contributed by atoms with E-state index in [9.17, 15) is 15.2 Å². The van der Waals surface area contributed by atoms with Gasteiger partial charge in [-0.2, -0.15) is 0 Å². The third kappa shape index (κ3) is 2.04. The van der Waals surface area contributed by atoms with E-state index in [1.807, 2.05) is 36.4 Å². The molecule has 0 spiro atoms. The molecule has 1 aliphatic rings. The zero-order valence-corrected chi connectivity index (χ0v) is 11.4. The lowest BCUT2D eigenvalue weighted by atomic mass is 9.68. The first-order valence-electron chi connectivity index (χ1n) is 6.80. The first-order chi connectivity index (χ1) is 10.2. The van der Waals surface area contributed by atoms with Crippen LogP contribution < -0.4 is 0 Å². The number of allylic oxidation sites excluding steroid dienone is 1. The molecule has 0 fully saturated rings. The summed E-state index contributed by atoms with van der Waals surface area (Å²) >= 11 is 0. The van der Waals surface area contributed by atoms with Gasteiger partial charge < -0.3 is 5.11 Å². The molecule has 4 heteroatoms. The lowest BCUT2D eigenvalue weighted by molar-refractivity contribution is -0.386. The van der Waals surface area contributed by atoms with Crippen LogP contribution in [0.1, 0.15) is 23.1 Å². The normalized spacial score (nSPS) is 20.0. The second-order valence-electron chi connectivity index (χ2n) is 5.21. The van der Waals surface area contributed by atoms with Gasteiger partial charge in [0.25, 0.3) is 5.69 Å². The lowest BCUT2D eigenvalue weighted by Crippen LogP contribution is -2.34. The number of fused-ring (bicyclic) bond motifs is 1. The zero-order valence-electron chi connectivity index (χ0n) is 11.4. The number of nitro benzene ring substituents is 1. The Morgan fingerprint density at radius 2 is 1.76 bits per heavy atom. The first-order valence-corrected chi connectivity index (χ1v) is 6.80. The molecule has 0 heterocycles. The summed E-state index contributed by atoms with van der Waals surface area (Å²) in [5, 5.41) is 21.4. The standard InChI is InChI=1S/C17H15NO3/c19-12-17(15-9-3-4-10-16(15)18(20)21)11-5-7-13-6-1-2-8-14(13)17/h1-10,19H,11-12H2. The molecule has 4 nitrogen and oxygen atoms in total. The van der Waals surface area contributed by atoms with Crippen LogP contribution in [-0.4, -0.2) is 16.6 Å². The SMILES string of the molecule is O=[N+]([O-])c1ccccc1C1(CO)CC=Cc2ccccc21. The molecule has 1 atom stereocenters. The first kappa shape index (κ1) is 13.5. The Balaban J connectivity index is 2.28. The summed E-state index contributed by atoms with van der Waals surface area (Å²) in [6.07, 6.45) is 4.51. The van der Waals surface area contributed by atoms with E-state index in [0.717, 1.165) is 11.1 Å². The summed E-state index contributed by atoms with van der Waals surface area (Å²) in [5.74, 6) is 0. The second kappa shape index (κ2) is 5.14. The Labute approximate surface area is 122 Å². The maximum atomic E-state index is 11.3. The number of aliphatic hydroxyl groups is 1. The number of hydrogen-bond acceptors (Lipinski definition) is 3. The van der Waals surface area contributed by atoms with Crippen molar-refractivity contribution in [2.45, 2.75) is 11.8 Å². The Morgan fingerprint density at radius 1 is 1.10 bits per heavy atom. The number of nitrogens with zero attached hydrogens (tertiary/aromatic N) is 1. The largest absolute Gasteiger partial charge is 0.395 e. The number of aliphatic hydroxyl groups excluding tert-OH is 1. The molecule has 0 saturated heterocycles. The van der Waals surface area contributed by atoms with Crippen molar-refractivity contribution in [2.24, 2.45) is 0 Å². The molecule has 0 bridgehead atoms. The third-order valence-corrected chi connectivity index (χ3v) is 4.13. The smallest absolute Gasteiger partial charge is 0.273 e. The number of benzene rings is 2. The highest BCUT2D eigenvalue weighted by molar-refractivity contribution is 5.64. The number of para-hydroxylation sites is 1. The molecule has 3 rings (SSSR count). The molecule has 1 N–H and O–H groups in total. The van der Waals surface area contributed by atoms with Crippen molar-refractivity contribution >= 4 is 11.8 Å². The van der Waals surface area contributed by atoms with Crippen molar-refractivity contribution in [3.05, 3.63) is 81.4 Å². The molecule has 0 saturated carbocycles. The maximum absolute atomic E-state index is 11.3. The van der Waals surface area contributed by atoms with E-state index in [1.54, 1.807) is 18.2 Å². The molecule has 21 heavy (non-hydrogen) atoms. The molecule has 2 aromatic rings. The fourth-order valence-corrected chi connectivity index (χ4v) is 3.10. The molecule has 0 radical (unpaired) electrons. The van der Waals surface area contributed by atoms with Gasteiger partial charge in [0.05, 0.1) is 16.9 Å². The van der Waals surface area contributed by atoms with Crippen molar-refractivity contribution in [1.29, 1.82) is 0 Å². The summed E-state index contributed by atoms with van der Waals surface area (Å²) in [6.45, 7) is -0.167. The van der Waals surface area contributed by atoms with Crippen LogP contribution in [0.3, 0.4) is 0 Å². The minimum atomic E-state index is -0.755. The fraction of sp³-hybridized carbons (Fsp3) is 0.176. The average molecular weight is 281 g/mol. The van der Waals surface area contributed by atoms with Crippen LogP contribution >= 0.6 is 0 Å². The maximum Gasteiger partial charge on any atom is 0.273 e. The molecule has 0 amide bonds. The highest BCUT2D eigenvalue weighted by Crippen LogP contribution is 2.44. The molecular formula is C17H15NO3. The van der Waals surface area contributed by atoms with E-state index in [1.165, 1.54) is 6.07 Å². The fourth-order valence-electron chi connectivity index (χ4n) is 3.10. The predicted molar refractivity (Wildman–Crippen MR) is 81.1 cm³/mol. The summed E-state index contributed by atoms with van der Waals surface area (Å²) in [7, 11) is 0. The minimum absolute atomic E-state index is 0.0525. The van der Waals surface area contributed by atoms with Crippen LogP contribution in [-0.2, 0) is 5.41 Å². The van der Waals surface area contributed by atoms with E-state index < -0.39 is 5.41 Å². The zero-order chi connectivity index (χ0) is 14.9. The monoisotopic (exact) mass is 281 g/mol. The summed E-state index contributed by atoms with van der Waals surface area (Å²) in [6, 6.07) is 14.4. The van der Waals surface area contributed by atoms with Crippen molar-refractivity contribution in [3.8, 4) is 0 Å². The van der Waals surface area contributed by atoms with Crippen molar-refractivity contribution < 1.29 is 10.0 Å². The van der Waals surface area contributed by atoms with E-state index in [2.05, 4.69) is 0 Å². The predicted octanol–water partition coefficient (Wildman–Crippen LogP) is 3.29. The van der Waals surface area contributed by atoms with E-state index >= 15 is 0 Å². The highest BCUT2D eigenvalue weighted by Gasteiger charge is 2.40. The van der Waals surface area contributed by atoms with Gasteiger partial charge in [-0.3, -0.25) is 10.1 Å². The molecular weight excluding hydrogens is 266 g/mol. The van der Waals surface area contributed by atoms with Crippen LogP contribution in [0, 0.1) is 10.1 Å². The van der Waals surface area contributed by atoms with Gasteiger partial charge in [0.15, 0.2) is 0 Å². The van der Waals surface area contributed by atoms with Gasteiger partial charge in [0, 0.05) is 11.6 Å². The van der Waals surface area contributed by atoms with Crippen LogP contribution in [0.5, 0.6) is 0 Å². The van der Waals surface area contributed by atoms with Crippen LogP contribution in [0.25, 0.3) is 6.08 Å². The van der Waals surface area contributed by atoms with E-state index in [-0.39, 0.29) is 17.2 Å². The van der Waals surface area contributed by atoms with Gasteiger partial charge in [0.1, 0.15) is 0 Å². The van der Waals surface area contributed by atoms with Crippen molar-refractivity contribution in [1.82, 2.24) is 0 Å². The van der Waals surface area contributed by atoms with Crippen LogP contribution in [0.4, 0.5) is 5.69 Å². The topological polar surface area (TPSA) is 63.4 Å². The van der Waals surface area contributed by atoms with Gasteiger partial charge in [-0.1, -0.05) is 54.6 Å². The Bertz CT molecular complexity index is 723. The second-order valence-corrected chi connectivity index (χ2v) is 5.21. The van der Waals surface area contributed by atoms with Crippen LogP contribution in [0.15, 0.2) is 54.6 Å². The van der Waals surface area contributed by atoms with Gasteiger partial charge >= 0.3 is 0 Å². The quantitative estimate of drug-likeness (QED) is 0.693. The summed E-state index contributed by atoms with van der Waals surface area (Å²) < 4.78 is 0. The Hall–Kier alpha value is -2.46. The third-order valence-electron chi connectivity index (χ3n) is 4.13. The highest BCUT2D eigenvalue weighted by atomic mass is 16.6. The molecule has 1 unspecified atom stereocenters. The Kier molecular flexibility index (Phi) is 3.31. The number of nitro groups is 1. The molecule has 2 aromatic carbocycles. The van der Waals surface area contributed by atoms with Gasteiger partial charge in [-0.25, -0.2) is 0 Å².